The van der Waals surface area contributed by atoms with Gasteiger partial charge in [-0.25, -0.2) is 9.78 Å². The number of anilines is 1. The number of hydrogen-bond donors (Lipinski definition) is 1. The Hall–Kier alpha value is -2.18. The molecule has 0 aromatic carbocycles. The fraction of sp³-hybridized carbons (Fsp3) is 0.571. The standard InChI is InChI=1S/C14H19N3O4/c1-3-7-14(13(18)19)8-4-9-16(14)12-6-5-11(17(20)21)10(2)15-12/h5-6H,3-4,7-9H2,1-2H3,(H,18,19). The van der Waals surface area contributed by atoms with E-state index in [1.807, 2.05) is 6.92 Å². The van der Waals surface area contributed by atoms with Crippen molar-refractivity contribution in [2.45, 2.75) is 45.1 Å². The Kier molecular flexibility index (Phi) is 4.11. The van der Waals surface area contributed by atoms with Crippen LogP contribution in [0.25, 0.3) is 0 Å². The zero-order chi connectivity index (χ0) is 15.6. The monoisotopic (exact) mass is 293 g/mol. The van der Waals surface area contributed by atoms with E-state index in [-0.39, 0.29) is 5.69 Å². The lowest BCUT2D eigenvalue weighted by atomic mass is 9.90. The zero-order valence-corrected chi connectivity index (χ0v) is 12.2. The van der Waals surface area contributed by atoms with Gasteiger partial charge in [0.2, 0.25) is 0 Å². The maximum absolute atomic E-state index is 11.8. The molecule has 0 spiro atoms. The van der Waals surface area contributed by atoms with Gasteiger partial charge in [0.15, 0.2) is 0 Å². The van der Waals surface area contributed by atoms with Crippen LogP contribution >= 0.6 is 0 Å². The minimum absolute atomic E-state index is 0.0469. The van der Waals surface area contributed by atoms with Gasteiger partial charge in [-0.05, 0) is 32.3 Å². The Morgan fingerprint density at radius 1 is 1.57 bits per heavy atom. The van der Waals surface area contributed by atoms with Gasteiger partial charge in [-0.15, -0.1) is 0 Å². The smallest absolute Gasteiger partial charge is 0.329 e. The molecule has 1 aromatic rings. The van der Waals surface area contributed by atoms with Crippen molar-refractivity contribution >= 4 is 17.5 Å². The molecular formula is C14H19N3O4. The number of hydrogen-bond acceptors (Lipinski definition) is 5. The molecule has 1 fully saturated rings. The fourth-order valence-electron chi connectivity index (χ4n) is 3.10. The summed E-state index contributed by atoms with van der Waals surface area (Å²) in [5, 5.41) is 20.5. The molecule has 1 atom stereocenters. The van der Waals surface area contributed by atoms with E-state index in [1.54, 1.807) is 17.9 Å². The average Bonchev–Trinajstić information content (AvgIpc) is 2.83. The number of pyridine rings is 1. The van der Waals surface area contributed by atoms with Crippen molar-refractivity contribution in [2.75, 3.05) is 11.4 Å². The Bertz CT molecular complexity index is 575. The first-order chi connectivity index (χ1) is 9.92. The fourth-order valence-corrected chi connectivity index (χ4v) is 3.10. The van der Waals surface area contributed by atoms with Crippen molar-refractivity contribution in [3.05, 3.63) is 27.9 Å². The molecule has 114 valence electrons. The SMILES string of the molecule is CCCC1(C(=O)O)CCCN1c1ccc([N+](=O)[O-])c(C)n1. The molecule has 1 unspecified atom stereocenters. The molecular weight excluding hydrogens is 274 g/mol. The third kappa shape index (κ3) is 2.55. The second-order valence-corrected chi connectivity index (χ2v) is 5.37. The largest absolute Gasteiger partial charge is 0.479 e. The average molecular weight is 293 g/mol. The first kappa shape index (κ1) is 15.2. The van der Waals surface area contributed by atoms with Crippen molar-refractivity contribution in [1.29, 1.82) is 0 Å². The lowest BCUT2D eigenvalue weighted by molar-refractivity contribution is -0.385. The summed E-state index contributed by atoms with van der Waals surface area (Å²) in [7, 11) is 0. The molecule has 0 aliphatic carbocycles. The first-order valence-corrected chi connectivity index (χ1v) is 7.05. The predicted molar refractivity (Wildman–Crippen MR) is 77.5 cm³/mol. The Morgan fingerprint density at radius 2 is 2.29 bits per heavy atom. The normalized spacial score (nSPS) is 21.5. The number of carboxylic acid groups (broad SMARTS) is 1. The van der Waals surface area contributed by atoms with Gasteiger partial charge in [-0.1, -0.05) is 13.3 Å². The number of carbonyl (C=O) groups is 1. The number of aliphatic carboxylic acids is 1. The van der Waals surface area contributed by atoms with Crippen LogP contribution in [0.4, 0.5) is 11.5 Å². The molecule has 1 saturated heterocycles. The summed E-state index contributed by atoms with van der Waals surface area (Å²) < 4.78 is 0. The molecule has 2 heterocycles. The highest BCUT2D eigenvalue weighted by Gasteiger charge is 2.47. The summed E-state index contributed by atoms with van der Waals surface area (Å²) in [5.41, 5.74) is -0.681. The van der Waals surface area contributed by atoms with Crippen LogP contribution in [-0.4, -0.2) is 33.1 Å². The third-order valence-electron chi connectivity index (χ3n) is 4.07. The summed E-state index contributed by atoms with van der Waals surface area (Å²) >= 11 is 0. The van der Waals surface area contributed by atoms with E-state index >= 15 is 0 Å². The van der Waals surface area contributed by atoms with Gasteiger partial charge in [0, 0.05) is 12.6 Å². The molecule has 21 heavy (non-hydrogen) atoms. The number of carboxylic acids is 1. The molecule has 0 amide bonds. The van der Waals surface area contributed by atoms with Crippen LogP contribution in [0.1, 0.15) is 38.3 Å². The van der Waals surface area contributed by atoms with Crippen molar-refractivity contribution < 1.29 is 14.8 Å². The molecule has 7 heteroatoms. The second-order valence-electron chi connectivity index (χ2n) is 5.37. The van der Waals surface area contributed by atoms with E-state index < -0.39 is 16.4 Å². The van der Waals surface area contributed by atoms with Crippen LogP contribution in [0.3, 0.4) is 0 Å². The van der Waals surface area contributed by atoms with Crippen molar-refractivity contribution in [3.8, 4) is 0 Å². The molecule has 1 aromatic heterocycles. The van der Waals surface area contributed by atoms with Gasteiger partial charge in [-0.2, -0.15) is 0 Å². The van der Waals surface area contributed by atoms with Crippen LogP contribution in [0.15, 0.2) is 12.1 Å². The Balaban J connectivity index is 2.42. The maximum atomic E-state index is 11.8. The number of nitrogens with zero attached hydrogens (tertiary/aromatic N) is 3. The molecule has 1 N–H and O–H groups in total. The summed E-state index contributed by atoms with van der Waals surface area (Å²) in [6.07, 6.45) is 2.66. The van der Waals surface area contributed by atoms with Gasteiger partial charge in [0.1, 0.15) is 17.1 Å². The molecule has 0 radical (unpaired) electrons. The van der Waals surface area contributed by atoms with Crippen LogP contribution < -0.4 is 4.90 Å². The molecule has 1 aliphatic rings. The van der Waals surface area contributed by atoms with Crippen LogP contribution in [0.2, 0.25) is 0 Å². The molecule has 7 nitrogen and oxygen atoms in total. The van der Waals surface area contributed by atoms with E-state index in [0.29, 0.717) is 30.9 Å². The van der Waals surface area contributed by atoms with Crippen LogP contribution in [-0.2, 0) is 4.79 Å². The van der Waals surface area contributed by atoms with Gasteiger partial charge < -0.3 is 10.0 Å². The summed E-state index contributed by atoms with van der Waals surface area (Å²) in [5.74, 6) is -0.342. The van der Waals surface area contributed by atoms with Crippen molar-refractivity contribution in [1.82, 2.24) is 4.98 Å². The van der Waals surface area contributed by atoms with E-state index in [0.717, 1.165) is 12.8 Å². The second kappa shape index (κ2) is 5.67. The number of rotatable bonds is 5. The van der Waals surface area contributed by atoms with E-state index in [1.165, 1.54) is 6.07 Å². The Labute approximate surface area is 122 Å². The van der Waals surface area contributed by atoms with Gasteiger partial charge in [0.25, 0.3) is 5.69 Å². The highest BCUT2D eigenvalue weighted by Crippen LogP contribution is 2.37. The highest BCUT2D eigenvalue weighted by molar-refractivity contribution is 5.84. The first-order valence-electron chi connectivity index (χ1n) is 7.05. The Morgan fingerprint density at radius 3 is 2.81 bits per heavy atom. The number of nitro groups is 1. The lowest BCUT2D eigenvalue weighted by Gasteiger charge is -2.35. The highest BCUT2D eigenvalue weighted by atomic mass is 16.6. The number of aryl methyl sites for hydroxylation is 1. The van der Waals surface area contributed by atoms with E-state index in [4.69, 9.17) is 0 Å². The lowest BCUT2D eigenvalue weighted by Crippen LogP contribution is -2.51. The van der Waals surface area contributed by atoms with Crippen LogP contribution in [0, 0.1) is 17.0 Å². The van der Waals surface area contributed by atoms with Gasteiger partial charge in [-0.3, -0.25) is 10.1 Å². The minimum atomic E-state index is -0.940. The third-order valence-corrected chi connectivity index (χ3v) is 4.07. The zero-order valence-electron chi connectivity index (χ0n) is 12.2. The topological polar surface area (TPSA) is 96.6 Å². The summed E-state index contributed by atoms with van der Waals surface area (Å²) in [6.45, 7) is 4.13. The molecule has 0 bridgehead atoms. The molecule has 1 aliphatic heterocycles. The quantitative estimate of drug-likeness (QED) is 0.662. The van der Waals surface area contributed by atoms with Gasteiger partial charge in [0.05, 0.1) is 4.92 Å². The minimum Gasteiger partial charge on any atom is -0.479 e. The molecule has 2 rings (SSSR count). The van der Waals surface area contributed by atoms with Crippen molar-refractivity contribution in [3.63, 3.8) is 0 Å². The predicted octanol–water partition coefficient (Wildman–Crippen LogP) is 2.52. The van der Waals surface area contributed by atoms with E-state index in [9.17, 15) is 20.0 Å². The summed E-state index contributed by atoms with van der Waals surface area (Å²) in [4.78, 5) is 28.2. The number of aromatic nitrogens is 1. The van der Waals surface area contributed by atoms with Crippen molar-refractivity contribution in [2.24, 2.45) is 0 Å². The van der Waals surface area contributed by atoms with E-state index in [2.05, 4.69) is 4.98 Å². The van der Waals surface area contributed by atoms with Gasteiger partial charge >= 0.3 is 5.97 Å². The summed E-state index contributed by atoms with van der Waals surface area (Å²) in [6, 6.07) is 2.94. The molecule has 0 saturated carbocycles. The van der Waals surface area contributed by atoms with Crippen LogP contribution in [0.5, 0.6) is 0 Å². The maximum Gasteiger partial charge on any atom is 0.329 e.